The van der Waals surface area contributed by atoms with E-state index in [1.807, 2.05) is 32.2 Å². The van der Waals surface area contributed by atoms with Crippen molar-refractivity contribution in [2.45, 2.75) is 39.8 Å². The lowest BCUT2D eigenvalue weighted by atomic mass is 9.81. The molecule has 21 heavy (non-hydrogen) atoms. The van der Waals surface area contributed by atoms with Gasteiger partial charge in [-0.15, -0.1) is 0 Å². The van der Waals surface area contributed by atoms with Gasteiger partial charge >= 0.3 is 0 Å². The maximum absolute atomic E-state index is 6.02. The molecule has 0 aliphatic rings. The Morgan fingerprint density at radius 1 is 1.14 bits per heavy atom. The summed E-state index contributed by atoms with van der Waals surface area (Å²) in [5.41, 5.74) is 1.09. The number of hydrogen-bond acceptors (Lipinski definition) is 4. The van der Waals surface area contributed by atoms with E-state index in [9.17, 15) is 0 Å². The van der Waals surface area contributed by atoms with E-state index in [1.165, 1.54) is 0 Å². The molecule has 0 fully saturated rings. The molecule has 0 radical (unpaired) electrons. The fourth-order valence-electron chi connectivity index (χ4n) is 2.57. The molecule has 2 unspecified atom stereocenters. The quantitative estimate of drug-likeness (QED) is 0.836. The third-order valence-corrected chi connectivity index (χ3v) is 3.59. The first kappa shape index (κ1) is 17.8. The second-order valence-electron chi connectivity index (χ2n) is 6.12. The van der Waals surface area contributed by atoms with Crippen molar-refractivity contribution in [3.8, 4) is 11.5 Å². The summed E-state index contributed by atoms with van der Waals surface area (Å²) in [6.45, 7) is 9.27. The highest BCUT2D eigenvalue weighted by atomic mass is 16.5. The van der Waals surface area contributed by atoms with Crippen molar-refractivity contribution in [3.63, 3.8) is 0 Å². The second kappa shape index (κ2) is 7.66. The maximum Gasteiger partial charge on any atom is 0.127 e. The summed E-state index contributed by atoms with van der Waals surface area (Å²) in [6, 6.07) is 5.95. The molecule has 1 N–H and O–H groups in total. The first-order chi connectivity index (χ1) is 9.88. The van der Waals surface area contributed by atoms with Crippen LogP contribution in [0, 0.1) is 5.41 Å². The van der Waals surface area contributed by atoms with Gasteiger partial charge in [-0.1, -0.05) is 20.8 Å². The molecular formula is C17H29NO3. The molecule has 0 spiro atoms. The Bertz CT molecular complexity index is 440. The van der Waals surface area contributed by atoms with Gasteiger partial charge < -0.3 is 19.5 Å². The zero-order valence-corrected chi connectivity index (χ0v) is 14.3. The molecule has 0 aliphatic heterocycles. The molecule has 1 rings (SSSR count). The van der Waals surface area contributed by atoms with E-state index >= 15 is 0 Å². The van der Waals surface area contributed by atoms with Crippen LogP contribution in [0.1, 0.15) is 39.3 Å². The molecule has 1 aromatic carbocycles. The smallest absolute Gasteiger partial charge is 0.127 e. The minimum Gasteiger partial charge on any atom is -0.497 e. The Kier molecular flexibility index (Phi) is 6.49. The van der Waals surface area contributed by atoms with E-state index in [0.29, 0.717) is 6.61 Å². The molecule has 0 aromatic heterocycles. The van der Waals surface area contributed by atoms with Crippen LogP contribution in [0.4, 0.5) is 0 Å². The normalized spacial score (nSPS) is 14.6. The summed E-state index contributed by atoms with van der Waals surface area (Å²) in [5.74, 6) is 1.59. The first-order valence-electron chi connectivity index (χ1n) is 7.39. The zero-order chi connectivity index (χ0) is 16.0. The summed E-state index contributed by atoms with van der Waals surface area (Å²) in [4.78, 5) is 0. The third kappa shape index (κ3) is 4.35. The lowest BCUT2D eigenvalue weighted by Gasteiger charge is -2.37. The van der Waals surface area contributed by atoms with Gasteiger partial charge in [0.15, 0.2) is 0 Å². The molecule has 0 aliphatic carbocycles. The topological polar surface area (TPSA) is 39.7 Å². The average Bonchev–Trinajstić information content (AvgIpc) is 2.46. The van der Waals surface area contributed by atoms with Crippen LogP contribution in [0.15, 0.2) is 18.2 Å². The van der Waals surface area contributed by atoms with Gasteiger partial charge in [0.25, 0.3) is 0 Å². The van der Waals surface area contributed by atoms with Gasteiger partial charge in [0, 0.05) is 18.2 Å². The van der Waals surface area contributed by atoms with Gasteiger partial charge in [-0.3, -0.25) is 0 Å². The maximum atomic E-state index is 6.02. The standard InChI is InChI=1S/C17H29NO3/c1-8-21-16(17(2,3)4)15(18-5)13-10-9-12(19-6)11-14(13)20-7/h9-11,15-16,18H,8H2,1-7H3. The predicted molar refractivity (Wildman–Crippen MR) is 86.2 cm³/mol. The van der Waals surface area contributed by atoms with E-state index < -0.39 is 0 Å². The van der Waals surface area contributed by atoms with Gasteiger partial charge in [0.05, 0.1) is 26.4 Å². The van der Waals surface area contributed by atoms with Crippen molar-refractivity contribution >= 4 is 0 Å². The van der Waals surface area contributed by atoms with Gasteiger partial charge in [0.2, 0.25) is 0 Å². The summed E-state index contributed by atoms with van der Waals surface area (Å²) < 4.78 is 16.8. The Morgan fingerprint density at radius 3 is 2.24 bits per heavy atom. The monoisotopic (exact) mass is 295 g/mol. The molecule has 0 bridgehead atoms. The van der Waals surface area contributed by atoms with Crippen molar-refractivity contribution in [1.82, 2.24) is 5.32 Å². The van der Waals surface area contributed by atoms with Crippen LogP contribution in [0.2, 0.25) is 0 Å². The largest absolute Gasteiger partial charge is 0.497 e. The van der Waals surface area contributed by atoms with Gasteiger partial charge in [-0.05, 0) is 31.5 Å². The van der Waals surface area contributed by atoms with Crippen molar-refractivity contribution in [3.05, 3.63) is 23.8 Å². The van der Waals surface area contributed by atoms with Crippen LogP contribution in [-0.4, -0.2) is 34.0 Å². The van der Waals surface area contributed by atoms with Crippen molar-refractivity contribution in [2.75, 3.05) is 27.9 Å². The molecular weight excluding hydrogens is 266 g/mol. The number of likely N-dealkylation sites (N-methyl/N-ethyl adjacent to an activating group) is 1. The molecule has 0 heterocycles. The number of benzene rings is 1. The van der Waals surface area contributed by atoms with Gasteiger partial charge in [-0.2, -0.15) is 0 Å². The van der Waals surface area contributed by atoms with Crippen molar-refractivity contribution in [1.29, 1.82) is 0 Å². The van der Waals surface area contributed by atoms with Crippen LogP contribution in [0.5, 0.6) is 11.5 Å². The lowest BCUT2D eigenvalue weighted by Crippen LogP contribution is -2.41. The third-order valence-electron chi connectivity index (χ3n) is 3.59. The summed E-state index contributed by atoms with van der Waals surface area (Å²) in [6.07, 6.45) is 0.0368. The number of ether oxygens (including phenoxy) is 3. The summed E-state index contributed by atoms with van der Waals surface area (Å²) >= 11 is 0. The Morgan fingerprint density at radius 2 is 1.81 bits per heavy atom. The van der Waals surface area contributed by atoms with Crippen LogP contribution in [0.3, 0.4) is 0 Å². The van der Waals surface area contributed by atoms with E-state index in [2.05, 4.69) is 26.1 Å². The van der Waals surface area contributed by atoms with Gasteiger partial charge in [0.1, 0.15) is 11.5 Å². The minimum atomic E-state index is 0.00856. The van der Waals surface area contributed by atoms with E-state index in [4.69, 9.17) is 14.2 Å². The fourth-order valence-corrected chi connectivity index (χ4v) is 2.57. The molecule has 120 valence electrons. The van der Waals surface area contributed by atoms with E-state index in [0.717, 1.165) is 17.1 Å². The van der Waals surface area contributed by atoms with Crippen LogP contribution < -0.4 is 14.8 Å². The summed E-state index contributed by atoms with van der Waals surface area (Å²) in [7, 11) is 5.28. The highest BCUT2D eigenvalue weighted by Gasteiger charge is 2.34. The first-order valence-corrected chi connectivity index (χ1v) is 7.39. The molecule has 0 saturated heterocycles. The molecule has 0 saturated carbocycles. The van der Waals surface area contributed by atoms with Crippen molar-refractivity contribution in [2.24, 2.45) is 5.41 Å². The fraction of sp³-hybridized carbons (Fsp3) is 0.647. The molecule has 4 heteroatoms. The molecule has 0 amide bonds. The predicted octanol–water partition coefficient (Wildman–Crippen LogP) is 3.42. The van der Waals surface area contributed by atoms with Crippen LogP contribution in [-0.2, 0) is 4.74 Å². The SMILES string of the molecule is CCOC(C(NC)c1ccc(OC)cc1OC)C(C)(C)C. The van der Waals surface area contributed by atoms with E-state index in [1.54, 1.807) is 14.2 Å². The minimum absolute atomic E-state index is 0.00856. The second-order valence-corrected chi connectivity index (χ2v) is 6.12. The number of methoxy groups -OCH3 is 2. The van der Waals surface area contributed by atoms with Crippen LogP contribution in [0.25, 0.3) is 0 Å². The zero-order valence-electron chi connectivity index (χ0n) is 14.3. The number of rotatable bonds is 7. The average molecular weight is 295 g/mol. The number of hydrogen-bond donors (Lipinski definition) is 1. The highest BCUT2D eigenvalue weighted by Crippen LogP contribution is 2.37. The van der Waals surface area contributed by atoms with Crippen molar-refractivity contribution < 1.29 is 14.2 Å². The summed E-state index contributed by atoms with van der Waals surface area (Å²) in [5, 5.41) is 3.38. The highest BCUT2D eigenvalue weighted by molar-refractivity contribution is 5.43. The van der Waals surface area contributed by atoms with Gasteiger partial charge in [-0.25, -0.2) is 0 Å². The Hall–Kier alpha value is -1.26. The lowest BCUT2D eigenvalue weighted by molar-refractivity contribution is -0.0354. The van der Waals surface area contributed by atoms with Crippen LogP contribution >= 0.6 is 0 Å². The Balaban J connectivity index is 3.24. The molecule has 1 aromatic rings. The van der Waals surface area contributed by atoms with E-state index in [-0.39, 0.29) is 17.6 Å². The Labute approximate surface area is 128 Å². The molecule has 4 nitrogen and oxygen atoms in total. The number of nitrogens with one attached hydrogen (secondary N) is 1. The molecule has 2 atom stereocenters.